The highest BCUT2D eigenvalue weighted by Gasteiger charge is 2.25. The highest BCUT2D eigenvalue weighted by molar-refractivity contribution is 5.83. The monoisotopic (exact) mass is 289 g/mol. The molecular formula is C17H27N3O. The molecule has 0 radical (unpaired) electrons. The lowest BCUT2D eigenvalue weighted by Gasteiger charge is -2.20. The van der Waals surface area contributed by atoms with Crippen molar-refractivity contribution in [2.24, 2.45) is 5.92 Å². The Morgan fingerprint density at radius 2 is 2.19 bits per heavy atom. The van der Waals surface area contributed by atoms with Crippen molar-refractivity contribution in [3.8, 4) is 0 Å². The zero-order valence-corrected chi connectivity index (χ0v) is 13.3. The van der Waals surface area contributed by atoms with E-state index < -0.39 is 0 Å². The molecule has 2 atom stereocenters. The highest BCUT2D eigenvalue weighted by atomic mass is 16.1. The molecule has 116 valence electrons. The van der Waals surface area contributed by atoms with Crippen LogP contribution < -0.4 is 11.1 Å². The summed E-state index contributed by atoms with van der Waals surface area (Å²) in [7, 11) is 0. The molecule has 1 aromatic rings. The molecule has 21 heavy (non-hydrogen) atoms. The highest BCUT2D eigenvalue weighted by Crippen LogP contribution is 2.20. The standard InChI is InChI=1S/C17H27N3O/c1-12(2)20-8-7-14(11-20)10-19-17(21)13(3)15-5-4-6-16(18)9-15/h4-6,9,12-14H,7-8,10-11,18H2,1-3H3,(H,19,21). The molecule has 1 saturated heterocycles. The number of rotatable bonds is 5. The predicted molar refractivity (Wildman–Crippen MR) is 87.1 cm³/mol. The van der Waals surface area contributed by atoms with Gasteiger partial charge in [0, 0.05) is 24.8 Å². The molecule has 0 bridgehead atoms. The van der Waals surface area contributed by atoms with Gasteiger partial charge in [0.25, 0.3) is 0 Å². The van der Waals surface area contributed by atoms with E-state index in [-0.39, 0.29) is 11.8 Å². The van der Waals surface area contributed by atoms with Crippen molar-refractivity contribution in [1.82, 2.24) is 10.2 Å². The molecule has 4 nitrogen and oxygen atoms in total. The molecule has 1 amide bonds. The van der Waals surface area contributed by atoms with Crippen molar-refractivity contribution in [2.45, 2.75) is 39.2 Å². The second-order valence-electron chi connectivity index (χ2n) is 6.38. The Hall–Kier alpha value is -1.55. The third-order valence-electron chi connectivity index (χ3n) is 4.42. The summed E-state index contributed by atoms with van der Waals surface area (Å²) in [6, 6.07) is 8.16. The van der Waals surface area contributed by atoms with Crippen molar-refractivity contribution in [1.29, 1.82) is 0 Å². The maximum Gasteiger partial charge on any atom is 0.227 e. The van der Waals surface area contributed by atoms with Crippen molar-refractivity contribution >= 4 is 11.6 Å². The average molecular weight is 289 g/mol. The summed E-state index contributed by atoms with van der Waals surface area (Å²) >= 11 is 0. The topological polar surface area (TPSA) is 58.4 Å². The average Bonchev–Trinajstić information content (AvgIpc) is 2.93. The van der Waals surface area contributed by atoms with Crippen molar-refractivity contribution in [3.05, 3.63) is 29.8 Å². The van der Waals surface area contributed by atoms with Gasteiger partial charge in [-0.3, -0.25) is 4.79 Å². The third-order valence-corrected chi connectivity index (χ3v) is 4.42. The van der Waals surface area contributed by atoms with Gasteiger partial charge in [-0.1, -0.05) is 12.1 Å². The van der Waals surface area contributed by atoms with E-state index in [9.17, 15) is 4.79 Å². The number of anilines is 1. The number of carbonyl (C=O) groups excluding carboxylic acids is 1. The van der Waals surface area contributed by atoms with E-state index in [4.69, 9.17) is 5.73 Å². The smallest absolute Gasteiger partial charge is 0.227 e. The molecular weight excluding hydrogens is 262 g/mol. The van der Waals surface area contributed by atoms with Crippen LogP contribution >= 0.6 is 0 Å². The number of nitrogens with zero attached hydrogens (tertiary/aromatic N) is 1. The molecule has 1 heterocycles. The Bertz CT molecular complexity index is 487. The van der Waals surface area contributed by atoms with Crippen LogP contribution in [-0.2, 0) is 4.79 Å². The van der Waals surface area contributed by atoms with Gasteiger partial charge in [0.05, 0.1) is 5.92 Å². The second-order valence-corrected chi connectivity index (χ2v) is 6.38. The first-order chi connectivity index (χ1) is 9.97. The van der Waals surface area contributed by atoms with Crippen LogP contribution in [0.5, 0.6) is 0 Å². The minimum Gasteiger partial charge on any atom is -0.399 e. The van der Waals surface area contributed by atoms with Crippen LogP contribution in [0, 0.1) is 5.92 Å². The maximum absolute atomic E-state index is 12.3. The van der Waals surface area contributed by atoms with Gasteiger partial charge in [-0.25, -0.2) is 0 Å². The van der Waals surface area contributed by atoms with Crippen LogP contribution in [0.15, 0.2) is 24.3 Å². The molecule has 2 rings (SSSR count). The first-order valence-corrected chi connectivity index (χ1v) is 7.84. The Kier molecular flexibility index (Phi) is 5.23. The fourth-order valence-electron chi connectivity index (χ4n) is 2.88. The van der Waals surface area contributed by atoms with Crippen molar-refractivity contribution in [2.75, 3.05) is 25.4 Å². The van der Waals surface area contributed by atoms with E-state index in [1.807, 2.05) is 31.2 Å². The van der Waals surface area contributed by atoms with Gasteiger partial charge < -0.3 is 16.0 Å². The number of amides is 1. The predicted octanol–water partition coefficient (Wildman–Crippen LogP) is 2.22. The number of nitrogens with one attached hydrogen (secondary N) is 1. The van der Waals surface area contributed by atoms with Crippen LogP contribution in [0.3, 0.4) is 0 Å². The van der Waals surface area contributed by atoms with Crippen LogP contribution in [0.2, 0.25) is 0 Å². The zero-order chi connectivity index (χ0) is 15.4. The lowest BCUT2D eigenvalue weighted by atomic mass is 9.99. The Morgan fingerprint density at radius 3 is 2.81 bits per heavy atom. The van der Waals surface area contributed by atoms with E-state index in [0.29, 0.717) is 17.6 Å². The first kappa shape index (κ1) is 15.8. The molecule has 0 aliphatic carbocycles. The summed E-state index contributed by atoms with van der Waals surface area (Å²) in [6.07, 6.45) is 1.17. The minimum absolute atomic E-state index is 0.0867. The van der Waals surface area contributed by atoms with Crippen LogP contribution in [0.4, 0.5) is 5.69 Å². The lowest BCUT2D eigenvalue weighted by molar-refractivity contribution is -0.122. The summed E-state index contributed by atoms with van der Waals surface area (Å²) in [4.78, 5) is 14.7. The fourth-order valence-corrected chi connectivity index (χ4v) is 2.88. The maximum atomic E-state index is 12.3. The first-order valence-electron chi connectivity index (χ1n) is 7.84. The molecule has 1 aliphatic rings. The molecule has 0 saturated carbocycles. The van der Waals surface area contributed by atoms with E-state index in [2.05, 4.69) is 24.1 Å². The Balaban J connectivity index is 1.82. The molecule has 1 fully saturated rings. The van der Waals surface area contributed by atoms with Gasteiger partial charge in [0.2, 0.25) is 5.91 Å². The summed E-state index contributed by atoms with van der Waals surface area (Å²) in [6.45, 7) is 9.38. The van der Waals surface area contributed by atoms with E-state index >= 15 is 0 Å². The molecule has 4 heteroatoms. The number of nitrogen functional groups attached to an aromatic ring is 1. The largest absolute Gasteiger partial charge is 0.399 e. The van der Waals surface area contributed by atoms with Gasteiger partial charge in [-0.05, 0) is 57.4 Å². The summed E-state index contributed by atoms with van der Waals surface area (Å²) in [5.74, 6) is 0.504. The van der Waals surface area contributed by atoms with Gasteiger partial charge >= 0.3 is 0 Å². The van der Waals surface area contributed by atoms with Crippen LogP contribution in [0.25, 0.3) is 0 Å². The van der Waals surface area contributed by atoms with Gasteiger partial charge in [-0.15, -0.1) is 0 Å². The van der Waals surface area contributed by atoms with Crippen molar-refractivity contribution in [3.63, 3.8) is 0 Å². The molecule has 1 aliphatic heterocycles. The van der Waals surface area contributed by atoms with E-state index in [1.165, 1.54) is 6.42 Å². The van der Waals surface area contributed by atoms with Crippen LogP contribution in [-0.4, -0.2) is 36.5 Å². The second kappa shape index (κ2) is 6.94. The van der Waals surface area contributed by atoms with Gasteiger partial charge in [-0.2, -0.15) is 0 Å². The number of benzene rings is 1. The molecule has 0 spiro atoms. The Morgan fingerprint density at radius 1 is 1.43 bits per heavy atom. The summed E-state index contributed by atoms with van der Waals surface area (Å²) in [5.41, 5.74) is 7.46. The minimum atomic E-state index is -0.156. The van der Waals surface area contributed by atoms with E-state index in [1.54, 1.807) is 0 Å². The van der Waals surface area contributed by atoms with Crippen LogP contribution in [0.1, 0.15) is 38.7 Å². The molecule has 3 N–H and O–H groups in total. The molecule has 0 aromatic heterocycles. The van der Waals surface area contributed by atoms with E-state index in [0.717, 1.165) is 25.2 Å². The normalized spacial score (nSPS) is 20.7. The summed E-state index contributed by atoms with van der Waals surface area (Å²) in [5, 5.41) is 3.10. The van der Waals surface area contributed by atoms with Crippen molar-refractivity contribution < 1.29 is 4.79 Å². The molecule has 2 unspecified atom stereocenters. The number of hydrogen-bond acceptors (Lipinski definition) is 3. The number of carbonyl (C=O) groups is 1. The Labute approximate surface area is 127 Å². The fraction of sp³-hybridized carbons (Fsp3) is 0.588. The SMILES string of the molecule is CC(C(=O)NCC1CCN(C(C)C)C1)c1cccc(N)c1. The quantitative estimate of drug-likeness (QED) is 0.817. The molecule has 1 aromatic carbocycles. The third kappa shape index (κ3) is 4.21. The zero-order valence-electron chi connectivity index (χ0n) is 13.3. The number of hydrogen-bond donors (Lipinski definition) is 2. The van der Waals surface area contributed by atoms with Gasteiger partial charge in [0.1, 0.15) is 0 Å². The van der Waals surface area contributed by atoms with Gasteiger partial charge in [0.15, 0.2) is 0 Å². The lowest BCUT2D eigenvalue weighted by Crippen LogP contribution is -2.34. The number of nitrogens with two attached hydrogens (primary N) is 1. The summed E-state index contributed by atoms with van der Waals surface area (Å²) < 4.78 is 0. The number of likely N-dealkylation sites (tertiary alicyclic amines) is 1.